The van der Waals surface area contributed by atoms with E-state index in [0.717, 1.165) is 44.0 Å². The van der Waals surface area contributed by atoms with Crippen LogP contribution in [0.1, 0.15) is 39.1 Å². The highest BCUT2D eigenvalue weighted by Crippen LogP contribution is 2.20. The molecule has 0 aliphatic carbocycles. The van der Waals surface area contributed by atoms with E-state index in [0.29, 0.717) is 24.7 Å². The van der Waals surface area contributed by atoms with Crippen molar-refractivity contribution in [2.45, 2.75) is 47.2 Å². The molecule has 8 heteroatoms. The van der Waals surface area contributed by atoms with Gasteiger partial charge >= 0.3 is 0 Å². The number of hydrogen-bond donors (Lipinski definition) is 2. The molecule has 28 heavy (non-hydrogen) atoms. The Morgan fingerprint density at radius 2 is 1.96 bits per heavy atom. The van der Waals surface area contributed by atoms with Crippen molar-refractivity contribution in [3.8, 4) is 0 Å². The number of nitrogens with zero attached hydrogens (tertiary/aromatic N) is 5. The first kappa shape index (κ1) is 21.7. The summed E-state index contributed by atoms with van der Waals surface area (Å²) in [7, 11) is 0. The first-order valence-electron chi connectivity index (χ1n) is 10.0. The van der Waals surface area contributed by atoms with E-state index in [1.165, 1.54) is 0 Å². The van der Waals surface area contributed by atoms with Gasteiger partial charge in [-0.15, -0.1) is 10.2 Å². The first-order valence-corrected chi connectivity index (χ1v) is 10.0. The summed E-state index contributed by atoms with van der Waals surface area (Å²) in [6.45, 7) is 12.3. The first-order chi connectivity index (χ1) is 13.6. The molecule has 2 rings (SSSR count). The van der Waals surface area contributed by atoms with Crippen LogP contribution in [0.2, 0.25) is 0 Å². The van der Waals surface area contributed by atoms with Crippen molar-refractivity contribution in [2.24, 2.45) is 4.99 Å². The summed E-state index contributed by atoms with van der Waals surface area (Å²) in [5.41, 5.74) is 1.49. The van der Waals surface area contributed by atoms with Gasteiger partial charge in [-0.3, -0.25) is 0 Å². The third-order valence-corrected chi connectivity index (χ3v) is 4.54. The van der Waals surface area contributed by atoms with Crippen molar-refractivity contribution < 1.29 is 4.39 Å². The molecule has 0 spiro atoms. The van der Waals surface area contributed by atoms with Crippen LogP contribution in [0, 0.1) is 5.82 Å². The van der Waals surface area contributed by atoms with Crippen molar-refractivity contribution >= 4 is 11.6 Å². The average Bonchev–Trinajstić information content (AvgIpc) is 3.16. The van der Waals surface area contributed by atoms with Crippen LogP contribution in [-0.2, 0) is 19.5 Å². The lowest BCUT2D eigenvalue weighted by Crippen LogP contribution is -2.38. The number of rotatable bonds is 10. The Labute approximate surface area is 167 Å². The van der Waals surface area contributed by atoms with E-state index in [-0.39, 0.29) is 5.82 Å². The summed E-state index contributed by atoms with van der Waals surface area (Å²) in [6, 6.07) is 5.35. The predicted molar refractivity (Wildman–Crippen MR) is 112 cm³/mol. The number of hydrogen-bond acceptors (Lipinski definition) is 4. The Balaban J connectivity index is 1.97. The second kappa shape index (κ2) is 11.3. The van der Waals surface area contributed by atoms with Gasteiger partial charge in [0.2, 0.25) is 0 Å². The summed E-state index contributed by atoms with van der Waals surface area (Å²) in [4.78, 5) is 6.58. The van der Waals surface area contributed by atoms with Crippen molar-refractivity contribution in [2.75, 3.05) is 31.1 Å². The highest BCUT2D eigenvalue weighted by Gasteiger charge is 2.09. The molecule has 0 bridgehead atoms. The monoisotopic (exact) mass is 389 g/mol. The van der Waals surface area contributed by atoms with Crippen molar-refractivity contribution in [3.05, 3.63) is 41.7 Å². The zero-order chi connectivity index (χ0) is 20.4. The lowest BCUT2D eigenvalue weighted by atomic mass is 10.2. The van der Waals surface area contributed by atoms with Gasteiger partial charge in [-0.25, -0.2) is 9.38 Å². The number of guanidine groups is 1. The van der Waals surface area contributed by atoms with Gasteiger partial charge in [0.1, 0.15) is 18.0 Å². The third-order valence-electron chi connectivity index (χ3n) is 4.54. The van der Waals surface area contributed by atoms with Gasteiger partial charge in [0.05, 0.1) is 12.2 Å². The van der Waals surface area contributed by atoms with Crippen LogP contribution < -0.4 is 15.5 Å². The molecule has 0 saturated carbocycles. The van der Waals surface area contributed by atoms with Crippen LogP contribution in [0.4, 0.5) is 10.1 Å². The Bertz CT molecular complexity index is 753. The van der Waals surface area contributed by atoms with Crippen LogP contribution >= 0.6 is 0 Å². The molecule has 7 nitrogen and oxygen atoms in total. The van der Waals surface area contributed by atoms with Crippen molar-refractivity contribution in [1.82, 2.24) is 25.4 Å². The van der Waals surface area contributed by atoms with Crippen LogP contribution in [0.5, 0.6) is 0 Å². The van der Waals surface area contributed by atoms with Gasteiger partial charge in [-0.05, 0) is 38.5 Å². The zero-order valence-electron chi connectivity index (χ0n) is 17.4. The Hall–Kier alpha value is -2.64. The van der Waals surface area contributed by atoms with Gasteiger partial charge in [0.25, 0.3) is 0 Å². The van der Waals surface area contributed by atoms with E-state index in [9.17, 15) is 4.39 Å². The highest BCUT2D eigenvalue weighted by molar-refractivity contribution is 5.79. The Kier molecular flexibility index (Phi) is 8.71. The molecule has 1 aromatic carbocycles. The number of aryl methyl sites for hydroxylation is 1. The fourth-order valence-corrected chi connectivity index (χ4v) is 3.02. The maximum Gasteiger partial charge on any atom is 0.191 e. The Morgan fingerprint density at radius 1 is 1.18 bits per heavy atom. The molecule has 2 N–H and O–H groups in total. The molecule has 154 valence electrons. The molecule has 0 fully saturated rings. The summed E-state index contributed by atoms with van der Waals surface area (Å²) in [5, 5.41) is 14.6. The van der Waals surface area contributed by atoms with E-state index in [1.807, 2.05) is 42.4 Å². The van der Waals surface area contributed by atoms with Crippen LogP contribution in [-0.4, -0.2) is 46.9 Å². The molecule has 0 atom stereocenters. The minimum absolute atomic E-state index is 0.200. The molecule has 0 aliphatic heterocycles. The molecule has 0 amide bonds. The van der Waals surface area contributed by atoms with E-state index in [4.69, 9.17) is 0 Å². The zero-order valence-corrected chi connectivity index (χ0v) is 17.4. The molecule has 0 unspecified atom stereocenters. The number of aromatic nitrogens is 3. The summed E-state index contributed by atoms with van der Waals surface area (Å²) < 4.78 is 16.5. The van der Waals surface area contributed by atoms with Gasteiger partial charge in [0, 0.05) is 39.1 Å². The molecule has 0 radical (unpaired) electrons. The molecule has 1 heterocycles. The third kappa shape index (κ3) is 5.94. The number of anilines is 1. The lowest BCUT2D eigenvalue weighted by molar-refractivity contribution is 0.617. The normalized spacial score (nSPS) is 11.5. The van der Waals surface area contributed by atoms with Crippen LogP contribution in [0.25, 0.3) is 0 Å². The largest absolute Gasteiger partial charge is 0.370 e. The molecule has 0 saturated heterocycles. The second-order valence-corrected chi connectivity index (χ2v) is 6.37. The molecular formula is C20H32FN7. The maximum absolute atomic E-state index is 14.4. The fourth-order valence-electron chi connectivity index (χ4n) is 3.02. The minimum atomic E-state index is -0.200. The quantitative estimate of drug-likeness (QED) is 0.483. The maximum atomic E-state index is 14.4. The number of benzene rings is 1. The standard InChI is InChI=1S/C20H32FN7/c1-5-19-26-25-15-28(19)12-11-23-20(22-6-2)24-14-16-9-10-18(17(21)13-16)27(7-3)8-4/h9-10,13,15H,5-8,11-12,14H2,1-4H3,(H2,22,23,24). The van der Waals surface area contributed by atoms with E-state index < -0.39 is 0 Å². The van der Waals surface area contributed by atoms with Crippen molar-refractivity contribution in [1.29, 1.82) is 0 Å². The molecule has 0 aliphatic rings. The van der Waals surface area contributed by atoms with Crippen LogP contribution in [0.15, 0.2) is 29.5 Å². The number of halogens is 1. The Morgan fingerprint density at radius 3 is 2.61 bits per heavy atom. The summed E-state index contributed by atoms with van der Waals surface area (Å²) in [5.74, 6) is 1.48. The van der Waals surface area contributed by atoms with E-state index in [2.05, 4.69) is 32.7 Å². The van der Waals surface area contributed by atoms with Gasteiger partial charge < -0.3 is 20.1 Å². The topological polar surface area (TPSA) is 70.4 Å². The SMILES string of the molecule is CCNC(=NCc1ccc(N(CC)CC)c(F)c1)NCCn1cnnc1CC. The smallest absolute Gasteiger partial charge is 0.191 e. The summed E-state index contributed by atoms with van der Waals surface area (Å²) in [6.07, 6.45) is 2.59. The van der Waals surface area contributed by atoms with E-state index in [1.54, 1.807) is 12.4 Å². The second-order valence-electron chi connectivity index (χ2n) is 6.37. The molecule has 1 aromatic heterocycles. The van der Waals surface area contributed by atoms with Crippen LogP contribution in [0.3, 0.4) is 0 Å². The van der Waals surface area contributed by atoms with Gasteiger partial charge in [0.15, 0.2) is 5.96 Å². The average molecular weight is 390 g/mol. The lowest BCUT2D eigenvalue weighted by Gasteiger charge is -2.21. The van der Waals surface area contributed by atoms with Crippen molar-refractivity contribution in [3.63, 3.8) is 0 Å². The molecule has 2 aromatic rings. The minimum Gasteiger partial charge on any atom is -0.370 e. The highest BCUT2D eigenvalue weighted by atomic mass is 19.1. The fraction of sp³-hybridized carbons (Fsp3) is 0.550. The summed E-state index contributed by atoms with van der Waals surface area (Å²) >= 11 is 0. The van der Waals surface area contributed by atoms with Gasteiger partial charge in [-0.1, -0.05) is 13.0 Å². The van der Waals surface area contributed by atoms with E-state index >= 15 is 0 Å². The predicted octanol–water partition coefficient (Wildman–Crippen LogP) is 2.58. The number of aliphatic imine (C=N–C) groups is 1. The molecular weight excluding hydrogens is 357 g/mol. The number of nitrogens with one attached hydrogen (secondary N) is 2. The van der Waals surface area contributed by atoms with Gasteiger partial charge in [-0.2, -0.15) is 0 Å².